The first-order valence-electron chi connectivity index (χ1n) is 8.49. The standard InChI is InChI=1S/C18H19FN6O/c1-24-9-13(8-21-24)15-3-2-12-7-20-17(6-16(12)22-15)23-18(26)11-25-5-4-14(19)10-25/h2-3,6-9,14H,4-5,10-11H2,1H3,(H,20,23,26). The second-order valence-electron chi connectivity index (χ2n) is 6.53. The van der Waals surface area contributed by atoms with Crippen LogP contribution in [0.4, 0.5) is 10.2 Å². The van der Waals surface area contributed by atoms with Crippen molar-refractivity contribution >= 4 is 22.6 Å². The van der Waals surface area contributed by atoms with Gasteiger partial charge in [-0.2, -0.15) is 5.10 Å². The largest absolute Gasteiger partial charge is 0.310 e. The van der Waals surface area contributed by atoms with E-state index in [2.05, 4.69) is 20.4 Å². The summed E-state index contributed by atoms with van der Waals surface area (Å²) in [5.41, 5.74) is 2.47. The van der Waals surface area contributed by atoms with Crippen molar-refractivity contribution < 1.29 is 9.18 Å². The summed E-state index contributed by atoms with van der Waals surface area (Å²) >= 11 is 0. The van der Waals surface area contributed by atoms with Crippen LogP contribution in [0.15, 0.2) is 36.8 Å². The zero-order valence-electron chi connectivity index (χ0n) is 14.4. The highest BCUT2D eigenvalue weighted by atomic mass is 19.1. The lowest BCUT2D eigenvalue weighted by Gasteiger charge is -2.14. The molecule has 1 saturated heterocycles. The van der Waals surface area contributed by atoms with Crippen molar-refractivity contribution in [3.63, 3.8) is 0 Å². The number of amides is 1. The Morgan fingerprint density at radius 1 is 1.38 bits per heavy atom. The number of nitrogens with zero attached hydrogens (tertiary/aromatic N) is 5. The fourth-order valence-electron chi connectivity index (χ4n) is 3.11. The van der Waals surface area contributed by atoms with Gasteiger partial charge in [0, 0.05) is 49.5 Å². The number of anilines is 1. The molecule has 1 aliphatic heterocycles. The number of hydrogen-bond donors (Lipinski definition) is 1. The maximum atomic E-state index is 13.2. The van der Waals surface area contributed by atoms with E-state index in [0.29, 0.717) is 25.3 Å². The van der Waals surface area contributed by atoms with E-state index in [1.54, 1.807) is 28.0 Å². The molecule has 0 spiro atoms. The Hall–Kier alpha value is -2.87. The van der Waals surface area contributed by atoms with Gasteiger partial charge in [-0.3, -0.25) is 14.4 Å². The van der Waals surface area contributed by atoms with Crippen molar-refractivity contribution in [2.24, 2.45) is 7.05 Å². The number of aromatic nitrogens is 4. The Labute approximate surface area is 149 Å². The van der Waals surface area contributed by atoms with Crippen molar-refractivity contribution in [1.29, 1.82) is 0 Å². The third kappa shape index (κ3) is 3.55. The van der Waals surface area contributed by atoms with Crippen LogP contribution in [-0.2, 0) is 11.8 Å². The van der Waals surface area contributed by atoms with E-state index in [9.17, 15) is 9.18 Å². The molecule has 1 unspecified atom stereocenters. The summed E-state index contributed by atoms with van der Waals surface area (Å²) in [5, 5.41) is 7.81. The summed E-state index contributed by atoms with van der Waals surface area (Å²) < 4.78 is 14.9. The highest BCUT2D eigenvalue weighted by molar-refractivity contribution is 5.93. The SMILES string of the molecule is Cn1cc(-c2ccc3cnc(NC(=O)CN4CCC(F)C4)cc3n2)cn1. The Morgan fingerprint density at radius 3 is 3.00 bits per heavy atom. The number of halogens is 1. The van der Waals surface area contributed by atoms with Gasteiger partial charge in [0.25, 0.3) is 0 Å². The molecule has 1 aliphatic rings. The van der Waals surface area contributed by atoms with Crippen LogP contribution in [0.5, 0.6) is 0 Å². The minimum Gasteiger partial charge on any atom is -0.310 e. The Kier molecular flexibility index (Phi) is 4.34. The summed E-state index contributed by atoms with van der Waals surface area (Å²) in [5.74, 6) is 0.240. The average Bonchev–Trinajstić information content (AvgIpc) is 3.22. The summed E-state index contributed by atoms with van der Waals surface area (Å²) in [7, 11) is 1.85. The van der Waals surface area contributed by atoms with Gasteiger partial charge in [0.2, 0.25) is 5.91 Å². The molecule has 0 aromatic carbocycles. The number of pyridine rings is 2. The van der Waals surface area contributed by atoms with Crippen LogP contribution in [0, 0.1) is 0 Å². The molecule has 0 bridgehead atoms. The van der Waals surface area contributed by atoms with E-state index >= 15 is 0 Å². The second kappa shape index (κ2) is 6.80. The first-order valence-corrected chi connectivity index (χ1v) is 8.49. The topological polar surface area (TPSA) is 75.9 Å². The number of fused-ring (bicyclic) bond motifs is 1. The number of likely N-dealkylation sites (tertiary alicyclic amines) is 1. The van der Waals surface area contributed by atoms with Gasteiger partial charge in [-0.25, -0.2) is 14.4 Å². The molecular weight excluding hydrogens is 335 g/mol. The number of hydrogen-bond acceptors (Lipinski definition) is 5. The van der Waals surface area contributed by atoms with Crippen molar-refractivity contribution in [2.75, 3.05) is 25.0 Å². The molecular formula is C18H19FN6O. The monoisotopic (exact) mass is 354 g/mol. The lowest BCUT2D eigenvalue weighted by Crippen LogP contribution is -2.32. The number of nitrogens with one attached hydrogen (secondary N) is 1. The van der Waals surface area contributed by atoms with Crippen LogP contribution < -0.4 is 5.32 Å². The number of carbonyl (C=O) groups excluding carboxylic acids is 1. The van der Waals surface area contributed by atoms with Gasteiger partial charge in [0.1, 0.15) is 12.0 Å². The zero-order chi connectivity index (χ0) is 18.1. The lowest BCUT2D eigenvalue weighted by molar-refractivity contribution is -0.117. The second-order valence-corrected chi connectivity index (χ2v) is 6.53. The van der Waals surface area contributed by atoms with Crippen molar-refractivity contribution in [3.8, 4) is 11.3 Å². The lowest BCUT2D eigenvalue weighted by atomic mass is 10.2. The summed E-state index contributed by atoms with van der Waals surface area (Å²) in [4.78, 5) is 22.9. The fourth-order valence-corrected chi connectivity index (χ4v) is 3.11. The van der Waals surface area contributed by atoms with Gasteiger partial charge < -0.3 is 5.32 Å². The van der Waals surface area contributed by atoms with Crippen LogP contribution in [0.25, 0.3) is 22.2 Å². The minimum absolute atomic E-state index is 0.170. The minimum atomic E-state index is -0.836. The maximum Gasteiger partial charge on any atom is 0.239 e. The van der Waals surface area contributed by atoms with E-state index in [1.165, 1.54) is 0 Å². The zero-order valence-corrected chi connectivity index (χ0v) is 14.4. The fraction of sp³-hybridized carbons (Fsp3) is 0.333. The molecule has 134 valence electrons. The van der Waals surface area contributed by atoms with Gasteiger partial charge in [-0.15, -0.1) is 0 Å². The van der Waals surface area contributed by atoms with Crippen molar-refractivity contribution in [2.45, 2.75) is 12.6 Å². The summed E-state index contributed by atoms with van der Waals surface area (Å²) in [6.45, 7) is 1.09. The molecule has 4 heterocycles. The molecule has 3 aromatic heterocycles. The highest BCUT2D eigenvalue weighted by Gasteiger charge is 2.23. The van der Waals surface area contributed by atoms with Crippen LogP contribution in [0.2, 0.25) is 0 Å². The molecule has 4 rings (SSSR count). The van der Waals surface area contributed by atoms with Crippen molar-refractivity contribution in [3.05, 3.63) is 36.8 Å². The normalized spacial score (nSPS) is 17.7. The smallest absolute Gasteiger partial charge is 0.239 e. The van der Waals surface area contributed by atoms with E-state index < -0.39 is 6.17 Å². The first kappa shape index (κ1) is 16.6. The Bertz CT molecular complexity index is 956. The molecule has 1 fully saturated rings. The molecule has 0 aliphatic carbocycles. The van der Waals surface area contributed by atoms with E-state index in [0.717, 1.165) is 22.2 Å². The summed E-state index contributed by atoms with van der Waals surface area (Å²) in [6.07, 6.45) is 4.98. The summed E-state index contributed by atoms with van der Waals surface area (Å²) in [6, 6.07) is 5.60. The number of rotatable bonds is 4. The predicted octanol–water partition coefficient (Wildman–Crippen LogP) is 2.01. The third-order valence-electron chi connectivity index (χ3n) is 4.42. The Morgan fingerprint density at radius 2 is 2.27 bits per heavy atom. The van der Waals surface area contributed by atoms with Gasteiger partial charge in [-0.05, 0) is 18.6 Å². The van der Waals surface area contributed by atoms with Crippen LogP contribution >= 0.6 is 0 Å². The van der Waals surface area contributed by atoms with Gasteiger partial charge >= 0.3 is 0 Å². The molecule has 8 heteroatoms. The average molecular weight is 354 g/mol. The molecule has 1 atom stereocenters. The van der Waals surface area contributed by atoms with E-state index in [1.807, 2.05) is 25.4 Å². The van der Waals surface area contributed by atoms with Gasteiger partial charge in [0.05, 0.1) is 24.0 Å². The van der Waals surface area contributed by atoms with Gasteiger partial charge in [-0.1, -0.05) is 0 Å². The Balaban J connectivity index is 1.51. The van der Waals surface area contributed by atoms with Crippen LogP contribution in [0.1, 0.15) is 6.42 Å². The molecule has 3 aromatic rings. The molecule has 1 N–H and O–H groups in total. The number of alkyl halides is 1. The number of carbonyl (C=O) groups is 1. The van der Waals surface area contributed by atoms with Crippen LogP contribution in [0.3, 0.4) is 0 Å². The maximum absolute atomic E-state index is 13.2. The van der Waals surface area contributed by atoms with E-state index in [-0.39, 0.29) is 12.5 Å². The molecule has 0 radical (unpaired) electrons. The quantitative estimate of drug-likeness (QED) is 0.776. The number of aryl methyl sites for hydroxylation is 1. The molecule has 7 nitrogen and oxygen atoms in total. The first-order chi connectivity index (χ1) is 12.6. The molecule has 1 amide bonds. The highest BCUT2D eigenvalue weighted by Crippen LogP contribution is 2.21. The van der Waals surface area contributed by atoms with Crippen molar-refractivity contribution in [1.82, 2.24) is 24.6 Å². The molecule has 0 saturated carbocycles. The predicted molar refractivity (Wildman–Crippen MR) is 96.3 cm³/mol. The van der Waals surface area contributed by atoms with Crippen LogP contribution in [-0.4, -0.2) is 56.4 Å². The van der Waals surface area contributed by atoms with E-state index in [4.69, 9.17) is 0 Å². The third-order valence-corrected chi connectivity index (χ3v) is 4.42. The van der Waals surface area contributed by atoms with Gasteiger partial charge in [0.15, 0.2) is 0 Å². The molecule has 26 heavy (non-hydrogen) atoms.